The van der Waals surface area contributed by atoms with Gasteiger partial charge in [-0.15, -0.1) is 0 Å². The normalized spacial score (nSPS) is 10.1. The van der Waals surface area contributed by atoms with Crippen LogP contribution in [0.15, 0.2) is 6.20 Å². The minimum atomic E-state index is -3.16. The van der Waals surface area contributed by atoms with Gasteiger partial charge in [0.15, 0.2) is 11.1 Å². The van der Waals surface area contributed by atoms with E-state index in [1.165, 1.54) is 13.0 Å². The molecule has 1 aromatic heterocycles. The van der Waals surface area contributed by atoms with Crippen molar-refractivity contribution in [1.82, 2.24) is 4.98 Å². The van der Waals surface area contributed by atoms with Gasteiger partial charge >= 0.3 is 11.7 Å². The summed E-state index contributed by atoms with van der Waals surface area (Å²) in [6.07, 6.45) is -2.55. The average Bonchev–Trinajstić information content (AvgIpc) is 2.36. The largest absolute Gasteiger partial charge is 0.462 e. The molecule has 0 saturated heterocycles. The summed E-state index contributed by atoms with van der Waals surface area (Å²) in [4.78, 5) is 24.4. The van der Waals surface area contributed by atoms with Crippen molar-refractivity contribution < 1.29 is 23.2 Å². The van der Waals surface area contributed by atoms with E-state index in [4.69, 9.17) is 5.26 Å². The summed E-state index contributed by atoms with van der Waals surface area (Å²) < 4.78 is 29.7. The second-order valence-corrected chi connectivity index (χ2v) is 3.17. The zero-order chi connectivity index (χ0) is 14.6. The van der Waals surface area contributed by atoms with Crippen molar-refractivity contribution in [2.45, 2.75) is 13.3 Å². The number of ether oxygens (including phenoxy) is 1. The number of hydrogen-bond acceptors (Lipinski definition) is 6. The maximum Gasteiger partial charge on any atom is 0.346 e. The quantitative estimate of drug-likeness (QED) is 0.470. The van der Waals surface area contributed by atoms with Crippen molar-refractivity contribution in [2.24, 2.45) is 0 Å². The zero-order valence-electron chi connectivity index (χ0n) is 9.59. The van der Waals surface area contributed by atoms with Gasteiger partial charge in [0, 0.05) is 6.20 Å². The second kappa shape index (κ2) is 5.81. The van der Waals surface area contributed by atoms with Crippen LogP contribution in [0.5, 0.6) is 0 Å². The van der Waals surface area contributed by atoms with Crippen LogP contribution >= 0.6 is 0 Å². The van der Waals surface area contributed by atoms with E-state index < -0.39 is 39.8 Å². The van der Waals surface area contributed by atoms with Crippen LogP contribution in [0.3, 0.4) is 0 Å². The summed E-state index contributed by atoms with van der Waals surface area (Å²) >= 11 is 0. The van der Waals surface area contributed by atoms with Gasteiger partial charge in [-0.05, 0) is 6.92 Å². The third-order valence-electron chi connectivity index (χ3n) is 2.08. The van der Waals surface area contributed by atoms with E-state index in [-0.39, 0.29) is 6.61 Å². The fourth-order valence-corrected chi connectivity index (χ4v) is 1.34. The Hall–Kier alpha value is -2.63. The molecule has 0 bridgehead atoms. The Labute approximate surface area is 105 Å². The van der Waals surface area contributed by atoms with E-state index in [0.717, 1.165) is 0 Å². The predicted octanol–water partition coefficient (Wildman–Crippen LogP) is 1.98. The monoisotopic (exact) mass is 271 g/mol. The summed E-state index contributed by atoms with van der Waals surface area (Å²) in [5, 5.41) is 19.6. The van der Waals surface area contributed by atoms with Crippen LogP contribution in [-0.2, 0) is 4.74 Å². The van der Waals surface area contributed by atoms with Gasteiger partial charge in [-0.25, -0.2) is 13.6 Å². The summed E-state index contributed by atoms with van der Waals surface area (Å²) in [6, 6.07) is 1.27. The van der Waals surface area contributed by atoms with Crippen LogP contribution in [0.25, 0.3) is 0 Å². The van der Waals surface area contributed by atoms with Crippen LogP contribution in [0.4, 0.5) is 14.5 Å². The second-order valence-electron chi connectivity index (χ2n) is 3.17. The first-order valence-corrected chi connectivity index (χ1v) is 4.96. The van der Waals surface area contributed by atoms with Crippen LogP contribution in [-0.4, -0.2) is 22.5 Å². The Bertz CT molecular complexity index is 569. The highest BCUT2D eigenvalue weighted by atomic mass is 19.3. The predicted molar refractivity (Wildman–Crippen MR) is 56.5 cm³/mol. The molecule has 0 saturated carbocycles. The molecular weight excluding hydrogens is 264 g/mol. The first-order valence-electron chi connectivity index (χ1n) is 4.96. The molecule has 0 aliphatic carbocycles. The molecular formula is C10H7F2N3O4. The van der Waals surface area contributed by atoms with Crippen molar-refractivity contribution in [2.75, 3.05) is 6.61 Å². The van der Waals surface area contributed by atoms with Crippen molar-refractivity contribution in [3.05, 3.63) is 33.1 Å². The van der Waals surface area contributed by atoms with Gasteiger partial charge in [0.25, 0.3) is 6.43 Å². The molecule has 1 rings (SSSR count). The summed E-state index contributed by atoms with van der Waals surface area (Å²) in [7, 11) is 0. The number of nitriles is 1. The van der Waals surface area contributed by atoms with Crippen molar-refractivity contribution >= 4 is 11.7 Å². The lowest BCUT2D eigenvalue weighted by molar-refractivity contribution is -0.385. The minimum absolute atomic E-state index is 0.0610. The number of alkyl halides is 2. The first-order chi connectivity index (χ1) is 8.93. The first kappa shape index (κ1) is 14.4. The highest BCUT2D eigenvalue weighted by molar-refractivity contribution is 5.94. The van der Waals surface area contributed by atoms with Gasteiger partial charge in [0.1, 0.15) is 11.8 Å². The number of aromatic nitrogens is 1. The Balaban J connectivity index is 3.56. The molecule has 100 valence electrons. The number of carbonyl (C=O) groups excluding carboxylic acids is 1. The van der Waals surface area contributed by atoms with Gasteiger partial charge < -0.3 is 4.74 Å². The topological polar surface area (TPSA) is 106 Å². The highest BCUT2D eigenvalue weighted by Crippen LogP contribution is 2.30. The molecule has 0 amide bonds. The van der Waals surface area contributed by atoms with Crippen LogP contribution in [0, 0.1) is 21.4 Å². The number of carbonyl (C=O) groups is 1. The molecule has 9 heteroatoms. The van der Waals surface area contributed by atoms with Crippen LogP contribution in [0.2, 0.25) is 0 Å². The van der Waals surface area contributed by atoms with E-state index >= 15 is 0 Å². The lowest BCUT2D eigenvalue weighted by Gasteiger charge is -2.06. The van der Waals surface area contributed by atoms with E-state index in [0.29, 0.717) is 6.20 Å². The van der Waals surface area contributed by atoms with Crippen LogP contribution in [0.1, 0.15) is 35.0 Å². The summed E-state index contributed by atoms with van der Waals surface area (Å²) in [5.74, 6) is -1.10. The molecule has 1 heterocycles. The zero-order valence-corrected chi connectivity index (χ0v) is 9.59. The molecule has 0 fully saturated rings. The number of nitro groups is 1. The fraction of sp³-hybridized carbons (Fsp3) is 0.300. The molecule has 0 atom stereocenters. The molecule has 0 aromatic carbocycles. The van der Waals surface area contributed by atoms with Crippen molar-refractivity contribution in [1.29, 1.82) is 5.26 Å². The maximum absolute atomic E-state index is 12.6. The maximum atomic E-state index is 12.6. The third-order valence-corrected chi connectivity index (χ3v) is 2.08. The van der Waals surface area contributed by atoms with Crippen molar-refractivity contribution in [3.63, 3.8) is 0 Å². The Kier molecular flexibility index (Phi) is 4.41. The van der Waals surface area contributed by atoms with Gasteiger partial charge in [-0.3, -0.25) is 15.1 Å². The third kappa shape index (κ3) is 2.79. The van der Waals surface area contributed by atoms with Gasteiger partial charge in [0.05, 0.1) is 11.5 Å². The average molecular weight is 271 g/mol. The Morgan fingerprint density at radius 2 is 2.32 bits per heavy atom. The summed E-state index contributed by atoms with van der Waals surface area (Å²) in [5.41, 5.74) is -3.63. The Morgan fingerprint density at radius 3 is 2.74 bits per heavy atom. The smallest absolute Gasteiger partial charge is 0.346 e. The number of hydrogen-bond donors (Lipinski definition) is 0. The van der Waals surface area contributed by atoms with E-state index in [1.807, 2.05) is 0 Å². The van der Waals surface area contributed by atoms with Crippen molar-refractivity contribution in [3.8, 4) is 6.07 Å². The summed E-state index contributed by atoms with van der Waals surface area (Å²) in [6.45, 7) is 1.41. The molecule has 19 heavy (non-hydrogen) atoms. The standard InChI is InChI=1S/C10H7F2N3O4/c1-2-19-10(16)6-4-14-7(9(11)12)5(3-13)8(6)15(17)18/h4,9H,2H2,1H3. The number of halogens is 2. The molecule has 7 nitrogen and oxygen atoms in total. The molecule has 0 aliphatic heterocycles. The van der Waals surface area contributed by atoms with Gasteiger partial charge in [-0.2, -0.15) is 5.26 Å². The minimum Gasteiger partial charge on any atom is -0.462 e. The van der Waals surface area contributed by atoms with Gasteiger partial charge in [-0.1, -0.05) is 0 Å². The molecule has 0 N–H and O–H groups in total. The highest BCUT2D eigenvalue weighted by Gasteiger charge is 2.31. The van der Waals surface area contributed by atoms with E-state index in [2.05, 4.69) is 9.72 Å². The number of rotatable bonds is 4. The molecule has 0 radical (unpaired) electrons. The molecule has 0 aliphatic rings. The number of esters is 1. The number of pyridine rings is 1. The molecule has 1 aromatic rings. The van der Waals surface area contributed by atoms with E-state index in [9.17, 15) is 23.7 Å². The fourth-order valence-electron chi connectivity index (χ4n) is 1.34. The Morgan fingerprint density at radius 1 is 1.68 bits per heavy atom. The lowest BCUT2D eigenvalue weighted by atomic mass is 10.1. The molecule has 0 spiro atoms. The lowest BCUT2D eigenvalue weighted by Crippen LogP contribution is -2.12. The van der Waals surface area contributed by atoms with Gasteiger partial charge in [0.2, 0.25) is 0 Å². The van der Waals surface area contributed by atoms with E-state index in [1.54, 1.807) is 0 Å². The molecule has 0 unspecified atom stereocenters. The number of nitrogens with zero attached hydrogens (tertiary/aromatic N) is 3. The van der Waals surface area contributed by atoms with Crippen LogP contribution < -0.4 is 0 Å². The SMILES string of the molecule is CCOC(=O)c1cnc(C(F)F)c(C#N)c1[N+](=O)[O-].